The standard InChI is InChI=1S/C30H41ClO12/c1-9-10-22(35)42-21-13-20(40-17(5)33)28(7)19(39-16(4)32)12-11-14(2)23(31)25-30(38,15(3)27(36)43-25)26(41-18(6)34)24(28)29(21,8)37/h11-12,15,19-21,23-26,37-38H,2,9-10,13H2,1,3-8H3/b12-11-/t15?,19-,20?,21?,23?,24?,25?,26-,28+,29-,30-/m1/s1. The maximum atomic E-state index is 13.0. The van der Waals surface area contributed by atoms with Gasteiger partial charge in [0, 0.05) is 39.5 Å². The van der Waals surface area contributed by atoms with Crippen LogP contribution in [0, 0.1) is 17.3 Å². The van der Waals surface area contributed by atoms with E-state index in [2.05, 4.69) is 6.58 Å². The lowest BCUT2D eigenvalue weighted by atomic mass is 9.51. The molecule has 0 spiro atoms. The van der Waals surface area contributed by atoms with Crippen LogP contribution in [-0.4, -0.2) is 87.2 Å². The molecule has 13 heteroatoms. The van der Waals surface area contributed by atoms with E-state index in [-0.39, 0.29) is 18.4 Å². The lowest BCUT2D eigenvalue weighted by Crippen LogP contribution is -2.74. The fourth-order valence-corrected chi connectivity index (χ4v) is 7.12. The molecule has 2 N–H and O–H groups in total. The summed E-state index contributed by atoms with van der Waals surface area (Å²) in [6, 6.07) is 0. The summed E-state index contributed by atoms with van der Waals surface area (Å²) in [6.07, 6.45) is -4.23. The quantitative estimate of drug-likeness (QED) is 0.250. The molecule has 3 rings (SSSR count). The van der Waals surface area contributed by atoms with E-state index in [0.717, 1.165) is 20.8 Å². The molecule has 6 unspecified atom stereocenters. The van der Waals surface area contributed by atoms with Crippen LogP contribution >= 0.6 is 11.6 Å². The van der Waals surface area contributed by atoms with E-state index in [1.54, 1.807) is 6.92 Å². The highest BCUT2D eigenvalue weighted by molar-refractivity contribution is 6.23. The highest BCUT2D eigenvalue weighted by Crippen LogP contribution is 2.58. The average molecular weight is 629 g/mol. The highest BCUT2D eigenvalue weighted by Gasteiger charge is 2.73. The summed E-state index contributed by atoms with van der Waals surface area (Å²) in [6.45, 7) is 13.3. The lowest BCUT2D eigenvalue weighted by molar-refractivity contribution is -0.288. The van der Waals surface area contributed by atoms with Gasteiger partial charge >= 0.3 is 29.8 Å². The van der Waals surface area contributed by atoms with Crippen LogP contribution in [0.4, 0.5) is 0 Å². The molecule has 3 aliphatic rings. The van der Waals surface area contributed by atoms with Crippen molar-refractivity contribution in [3.05, 3.63) is 24.3 Å². The third kappa shape index (κ3) is 6.19. The monoisotopic (exact) mass is 628 g/mol. The van der Waals surface area contributed by atoms with Crippen molar-refractivity contribution in [2.75, 3.05) is 0 Å². The van der Waals surface area contributed by atoms with Crippen LogP contribution in [0.3, 0.4) is 0 Å². The maximum Gasteiger partial charge on any atom is 0.312 e. The molecule has 240 valence electrons. The van der Waals surface area contributed by atoms with E-state index < -0.39 is 94.2 Å². The van der Waals surface area contributed by atoms with E-state index in [4.69, 9.17) is 35.3 Å². The molecule has 0 aromatic heterocycles. The van der Waals surface area contributed by atoms with Gasteiger partial charge in [-0.3, -0.25) is 24.0 Å². The van der Waals surface area contributed by atoms with Gasteiger partial charge in [0.15, 0.2) is 11.7 Å². The van der Waals surface area contributed by atoms with Crippen molar-refractivity contribution in [3.63, 3.8) is 0 Å². The van der Waals surface area contributed by atoms with E-state index in [0.29, 0.717) is 6.42 Å². The van der Waals surface area contributed by atoms with Crippen LogP contribution in [-0.2, 0) is 47.7 Å². The SMILES string of the molecule is C=C1/C=C\[C@@H](OC(C)=O)[C@@]2(C)C(OC(C)=O)CC(OC(=O)CCC)[C@@](C)(O)C2[C@@H](OC(C)=O)[C@@]2(O)C(C)C(=O)OC2C1Cl. The molecular formula is C30H41ClO12. The Morgan fingerprint density at radius 2 is 1.60 bits per heavy atom. The average Bonchev–Trinajstić information content (AvgIpc) is 3.11. The number of carbonyl (C=O) groups is 5. The largest absolute Gasteiger partial charge is 0.462 e. The minimum Gasteiger partial charge on any atom is -0.462 e. The summed E-state index contributed by atoms with van der Waals surface area (Å²) in [4.78, 5) is 63.4. The fourth-order valence-electron chi connectivity index (χ4n) is 6.79. The summed E-state index contributed by atoms with van der Waals surface area (Å²) in [5.74, 6) is -6.81. The second-order valence-corrected chi connectivity index (χ2v) is 12.5. The Morgan fingerprint density at radius 1 is 1.02 bits per heavy atom. The van der Waals surface area contributed by atoms with E-state index >= 15 is 0 Å². The molecule has 0 aromatic carbocycles. The van der Waals surface area contributed by atoms with Gasteiger partial charge in [-0.15, -0.1) is 11.6 Å². The van der Waals surface area contributed by atoms with Gasteiger partial charge in [-0.1, -0.05) is 26.5 Å². The van der Waals surface area contributed by atoms with E-state index in [1.165, 1.54) is 32.9 Å². The first kappa shape index (κ1) is 34.5. The van der Waals surface area contributed by atoms with Crippen LogP contribution < -0.4 is 0 Å². The van der Waals surface area contributed by atoms with Crippen molar-refractivity contribution >= 4 is 41.4 Å². The van der Waals surface area contributed by atoms with E-state index in [9.17, 15) is 34.2 Å². The molecule has 1 saturated carbocycles. The second kappa shape index (κ2) is 12.6. The molecule has 2 aliphatic carbocycles. The highest BCUT2D eigenvalue weighted by atomic mass is 35.5. The van der Waals surface area contributed by atoms with Crippen molar-refractivity contribution < 1.29 is 57.9 Å². The van der Waals surface area contributed by atoms with Gasteiger partial charge in [0.2, 0.25) is 0 Å². The number of esters is 5. The molecule has 43 heavy (non-hydrogen) atoms. The molecule has 1 heterocycles. The lowest BCUT2D eigenvalue weighted by Gasteiger charge is -2.60. The summed E-state index contributed by atoms with van der Waals surface area (Å²) >= 11 is 6.72. The molecular weight excluding hydrogens is 588 g/mol. The maximum absolute atomic E-state index is 13.0. The van der Waals surface area contributed by atoms with Gasteiger partial charge in [0.05, 0.1) is 16.7 Å². The van der Waals surface area contributed by atoms with Crippen molar-refractivity contribution in [2.24, 2.45) is 17.3 Å². The Hall–Kier alpha value is -2.96. The molecule has 0 bridgehead atoms. The second-order valence-electron chi connectivity index (χ2n) is 12.0. The first-order valence-electron chi connectivity index (χ1n) is 14.2. The number of carbonyl (C=O) groups excluding carboxylic acids is 5. The zero-order valence-corrected chi connectivity index (χ0v) is 26.2. The number of halogens is 1. The summed E-state index contributed by atoms with van der Waals surface area (Å²) in [5.41, 5.74) is -6.11. The van der Waals surface area contributed by atoms with Crippen LogP contribution in [0.2, 0.25) is 0 Å². The molecule has 1 saturated heterocycles. The third-order valence-electron chi connectivity index (χ3n) is 8.92. The molecule has 0 aromatic rings. The summed E-state index contributed by atoms with van der Waals surface area (Å²) in [7, 11) is 0. The van der Waals surface area contributed by atoms with Crippen LogP contribution in [0.5, 0.6) is 0 Å². The Labute approximate surface area is 255 Å². The van der Waals surface area contributed by atoms with Crippen molar-refractivity contribution in [3.8, 4) is 0 Å². The number of aliphatic hydroxyl groups is 2. The third-order valence-corrected chi connectivity index (χ3v) is 9.43. The van der Waals surface area contributed by atoms with Crippen LogP contribution in [0.1, 0.15) is 67.7 Å². The smallest absolute Gasteiger partial charge is 0.312 e. The summed E-state index contributed by atoms with van der Waals surface area (Å²) < 4.78 is 28.6. The Bertz CT molecular complexity index is 1200. The Balaban J connectivity index is 2.47. The van der Waals surface area contributed by atoms with Gasteiger partial charge in [-0.05, 0) is 31.9 Å². The Kier molecular flexibility index (Phi) is 10.1. The zero-order chi connectivity index (χ0) is 32.7. The van der Waals surface area contributed by atoms with Gasteiger partial charge in [-0.25, -0.2) is 0 Å². The zero-order valence-electron chi connectivity index (χ0n) is 25.5. The van der Waals surface area contributed by atoms with E-state index in [1.807, 2.05) is 0 Å². The van der Waals surface area contributed by atoms with Crippen LogP contribution in [0.15, 0.2) is 24.3 Å². The van der Waals surface area contributed by atoms with Gasteiger partial charge in [0.25, 0.3) is 0 Å². The van der Waals surface area contributed by atoms with Gasteiger partial charge < -0.3 is 33.9 Å². The summed E-state index contributed by atoms with van der Waals surface area (Å²) in [5, 5.41) is 23.7. The minimum atomic E-state index is -2.41. The number of ether oxygens (including phenoxy) is 5. The first-order valence-corrected chi connectivity index (χ1v) is 14.6. The molecule has 2 fully saturated rings. The predicted octanol–water partition coefficient (Wildman–Crippen LogP) is 2.30. The number of fused-ring (bicyclic) bond motifs is 2. The van der Waals surface area contributed by atoms with Gasteiger partial charge in [-0.2, -0.15) is 0 Å². The first-order chi connectivity index (χ1) is 19.8. The number of alkyl halides is 1. The molecule has 0 amide bonds. The molecule has 12 nitrogen and oxygen atoms in total. The fraction of sp³-hybridized carbons (Fsp3) is 0.700. The minimum absolute atomic E-state index is 0.0142. The molecule has 0 radical (unpaired) electrons. The van der Waals surface area contributed by atoms with Gasteiger partial charge in [0.1, 0.15) is 30.0 Å². The number of rotatable bonds is 6. The number of allylic oxidation sites excluding steroid dienone is 1. The Morgan fingerprint density at radius 3 is 2.14 bits per heavy atom. The van der Waals surface area contributed by atoms with Crippen molar-refractivity contribution in [1.82, 2.24) is 0 Å². The van der Waals surface area contributed by atoms with Crippen molar-refractivity contribution in [2.45, 2.75) is 115 Å². The van der Waals surface area contributed by atoms with Crippen molar-refractivity contribution in [1.29, 1.82) is 0 Å². The van der Waals surface area contributed by atoms with Crippen LogP contribution in [0.25, 0.3) is 0 Å². The number of hydrogen-bond donors (Lipinski definition) is 2. The molecule has 11 atom stereocenters. The molecule has 1 aliphatic heterocycles. The topological polar surface area (TPSA) is 172 Å². The predicted molar refractivity (Wildman–Crippen MR) is 150 cm³/mol. The number of hydrogen-bond acceptors (Lipinski definition) is 12. The normalized spacial score (nSPS) is 41.5.